The number of benzene rings is 2. The van der Waals surface area contributed by atoms with Gasteiger partial charge in [0, 0.05) is 22.7 Å². The Morgan fingerprint density at radius 1 is 1.14 bits per heavy atom. The number of halogens is 1. The summed E-state index contributed by atoms with van der Waals surface area (Å²) in [5.41, 5.74) is 4.23. The molecule has 1 N–H and O–H groups in total. The van der Waals surface area contributed by atoms with Crippen molar-refractivity contribution in [1.29, 1.82) is 0 Å². The molecule has 3 heterocycles. The topological polar surface area (TPSA) is 64.0 Å². The molecule has 0 radical (unpaired) electrons. The molecule has 0 saturated carbocycles. The Hall–Kier alpha value is -2.57. The Labute approximate surface area is 168 Å². The van der Waals surface area contributed by atoms with Crippen LogP contribution >= 0.6 is 11.6 Å². The summed E-state index contributed by atoms with van der Waals surface area (Å²) in [6.45, 7) is 1.92. The van der Waals surface area contributed by atoms with Crippen molar-refractivity contribution in [2.75, 3.05) is 11.1 Å². The van der Waals surface area contributed by atoms with Crippen LogP contribution in [-0.2, 0) is 9.84 Å². The third-order valence-corrected chi connectivity index (χ3v) is 7.49. The second-order valence-electron chi connectivity index (χ2n) is 7.12. The molecular weight excluding hydrogens is 394 g/mol. The van der Waals surface area contributed by atoms with Crippen molar-refractivity contribution in [2.45, 2.75) is 19.3 Å². The number of nitrogens with one attached hydrogen (secondary N) is 1. The number of sulfone groups is 1. The zero-order chi connectivity index (χ0) is 19.5. The van der Waals surface area contributed by atoms with E-state index < -0.39 is 15.8 Å². The lowest BCUT2D eigenvalue weighted by Gasteiger charge is -2.27. The Kier molecular flexibility index (Phi) is 3.89. The zero-order valence-corrected chi connectivity index (χ0v) is 16.8. The van der Waals surface area contributed by atoms with Gasteiger partial charge < -0.3 is 5.32 Å². The minimum Gasteiger partial charge on any atom is -0.342 e. The van der Waals surface area contributed by atoms with E-state index in [9.17, 15) is 8.42 Å². The maximum absolute atomic E-state index is 12.9. The molecule has 28 heavy (non-hydrogen) atoms. The first-order valence-electron chi connectivity index (χ1n) is 9.09. The maximum atomic E-state index is 12.9. The van der Waals surface area contributed by atoms with Gasteiger partial charge >= 0.3 is 0 Å². The van der Waals surface area contributed by atoms with Gasteiger partial charge in [0.2, 0.25) is 0 Å². The number of hydrogen-bond donors (Lipinski definition) is 1. The molecule has 1 aromatic heterocycles. The second-order valence-corrected chi connectivity index (χ2v) is 9.63. The number of fused-ring (bicyclic) bond motifs is 1. The molecule has 0 bridgehead atoms. The van der Waals surface area contributed by atoms with Gasteiger partial charge in [-0.25, -0.2) is 13.1 Å². The van der Waals surface area contributed by atoms with Crippen molar-refractivity contribution < 1.29 is 8.42 Å². The van der Waals surface area contributed by atoms with Gasteiger partial charge in [0.1, 0.15) is 5.82 Å². The quantitative estimate of drug-likeness (QED) is 0.677. The highest BCUT2D eigenvalue weighted by molar-refractivity contribution is 7.95. The van der Waals surface area contributed by atoms with E-state index in [1.54, 1.807) is 6.07 Å². The summed E-state index contributed by atoms with van der Waals surface area (Å²) in [5.74, 6) is 0.545. The smallest absolute Gasteiger partial charge is 0.177 e. The van der Waals surface area contributed by atoms with Gasteiger partial charge in [0.05, 0.1) is 28.0 Å². The Morgan fingerprint density at radius 3 is 2.68 bits per heavy atom. The fourth-order valence-corrected chi connectivity index (χ4v) is 6.21. The molecule has 2 aromatic carbocycles. The van der Waals surface area contributed by atoms with Crippen LogP contribution < -0.4 is 5.32 Å². The molecule has 7 heteroatoms. The lowest BCUT2D eigenvalue weighted by Crippen LogP contribution is -2.20. The van der Waals surface area contributed by atoms with Crippen molar-refractivity contribution in [1.82, 2.24) is 9.78 Å². The first-order chi connectivity index (χ1) is 13.5. The van der Waals surface area contributed by atoms with E-state index in [-0.39, 0.29) is 5.75 Å². The molecule has 0 aliphatic carbocycles. The highest BCUT2D eigenvalue weighted by atomic mass is 35.5. The molecule has 1 unspecified atom stereocenters. The van der Waals surface area contributed by atoms with Crippen molar-refractivity contribution >= 4 is 27.3 Å². The van der Waals surface area contributed by atoms with Gasteiger partial charge in [0.15, 0.2) is 9.84 Å². The summed E-state index contributed by atoms with van der Waals surface area (Å²) in [5, 5.41) is 8.71. The molecule has 142 valence electrons. The van der Waals surface area contributed by atoms with E-state index in [0.29, 0.717) is 16.3 Å². The predicted octanol–water partition coefficient (Wildman–Crippen LogP) is 4.42. The Bertz CT molecular complexity index is 1230. The van der Waals surface area contributed by atoms with Gasteiger partial charge in [-0.15, -0.1) is 0 Å². The molecule has 2 aliphatic heterocycles. The van der Waals surface area contributed by atoms with Crippen LogP contribution in [0.3, 0.4) is 0 Å². The molecule has 5 nitrogen and oxygen atoms in total. The normalized spacial score (nSPS) is 19.9. The van der Waals surface area contributed by atoms with Gasteiger partial charge in [-0.05, 0) is 36.8 Å². The fraction of sp³-hybridized carbons (Fsp3) is 0.190. The van der Waals surface area contributed by atoms with E-state index in [0.717, 1.165) is 34.0 Å². The summed E-state index contributed by atoms with van der Waals surface area (Å²) in [4.78, 5) is 0.456. The standard InChI is InChI=1S/C21H18ClN3O2S/c1-13-18-19(14-6-5-7-15(22)12-14)20-17(10-11-28(20,26)27)23-21(18)25(24-13)16-8-3-2-4-9-16/h2-9,12,19,23H,10-11H2,1H3. The number of para-hydroxylation sites is 1. The summed E-state index contributed by atoms with van der Waals surface area (Å²) in [7, 11) is -3.34. The molecule has 1 atom stereocenters. The number of allylic oxidation sites excluding steroid dienone is 2. The monoisotopic (exact) mass is 411 g/mol. The summed E-state index contributed by atoms with van der Waals surface area (Å²) < 4.78 is 27.7. The molecular formula is C21H18ClN3O2S. The third kappa shape index (κ3) is 2.59. The zero-order valence-electron chi connectivity index (χ0n) is 15.2. The average Bonchev–Trinajstić information content (AvgIpc) is 3.18. The van der Waals surface area contributed by atoms with E-state index in [2.05, 4.69) is 5.32 Å². The van der Waals surface area contributed by atoms with Gasteiger partial charge in [0.25, 0.3) is 0 Å². The first kappa shape index (κ1) is 17.5. The predicted molar refractivity (Wildman–Crippen MR) is 111 cm³/mol. The SMILES string of the molecule is Cc1nn(-c2ccccc2)c2c1C(c1cccc(Cl)c1)C1=C(CCS1(=O)=O)N2. The number of aryl methyl sites for hydroxylation is 1. The van der Waals surface area contributed by atoms with Crippen molar-refractivity contribution in [3.05, 3.63) is 87.0 Å². The molecule has 0 spiro atoms. The third-order valence-electron chi connectivity index (χ3n) is 5.36. The van der Waals surface area contributed by atoms with Crippen LogP contribution in [0.1, 0.15) is 29.2 Å². The van der Waals surface area contributed by atoms with E-state index >= 15 is 0 Å². The lowest BCUT2D eigenvalue weighted by atomic mass is 9.87. The highest BCUT2D eigenvalue weighted by Gasteiger charge is 2.43. The van der Waals surface area contributed by atoms with Crippen molar-refractivity contribution in [3.8, 4) is 5.69 Å². The van der Waals surface area contributed by atoms with Crippen LogP contribution in [0.5, 0.6) is 0 Å². The average molecular weight is 412 g/mol. The summed E-state index contributed by atoms with van der Waals surface area (Å²) in [6, 6.07) is 17.3. The molecule has 3 aromatic rings. The van der Waals surface area contributed by atoms with Crippen LogP contribution in [0, 0.1) is 6.92 Å². The summed E-state index contributed by atoms with van der Waals surface area (Å²) in [6.07, 6.45) is 0.479. The Balaban J connectivity index is 1.79. The number of aromatic nitrogens is 2. The molecule has 0 saturated heterocycles. The molecule has 0 amide bonds. The number of nitrogens with zero attached hydrogens (tertiary/aromatic N) is 2. The molecule has 0 fully saturated rings. The van der Waals surface area contributed by atoms with Crippen LogP contribution in [-0.4, -0.2) is 24.0 Å². The van der Waals surface area contributed by atoms with Crippen LogP contribution in [0.15, 0.2) is 65.2 Å². The minimum absolute atomic E-state index is 0.129. The minimum atomic E-state index is -3.34. The first-order valence-corrected chi connectivity index (χ1v) is 11.1. The van der Waals surface area contributed by atoms with Gasteiger partial charge in [-0.3, -0.25) is 0 Å². The van der Waals surface area contributed by atoms with E-state index in [1.165, 1.54) is 0 Å². The highest BCUT2D eigenvalue weighted by Crippen LogP contribution is 2.49. The second kappa shape index (κ2) is 6.22. The number of anilines is 1. The molecule has 5 rings (SSSR count). The lowest BCUT2D eigenvalue weighted by molar-refractivity contribution is 0.602. The number of rotatable bonds is 2. The van der Waals surface area contributed by atoms with E-state index in [1.807, 2.05) is 60.1 Å². The van der Waals surface area contributed by atoms with Crippen molar-refractivity contribution in [3.63, 3.8) is 0 Å². The number of hydrogen-bond acceptors (Lipinski definition) is 4. The van der Waals surface area contributed by atoms with E-state index in [4.69, 9.17) is 16.7 Å². The van der Waals surface area contributed by atoms with Crippen LogP contribution in [0.25, 0.3) is 5.69 Å². The maximum Gasteiger partial charge on any atom is 0.177 e. The fourth-order valence-electron chi connectivity index (χ4n) is 4.17. The van der Waals surface area contributed by atoms with Crippen LogP contribution in [0.2, 0.25) is 5.02 Å². The van der Waals surface area contributed by atoms with Gasteiger partial charge in [-0.1, -0.05) is 41.9 Å². The largest absolute Gasteiger partial charge is 0.342 e. The van der Waals surface area contributed by atoms with Gasteiger partial charge in [-0.2, -0.15) is 5.10 Å². The molecule has 2 aliphatic rings. The Morgan fingerprint density at radius 2 is 1.93 bits per heavy atom. The summed E-state index contributed by atoms with van der Waals surface area (Å²) >= 11 is 6.24. The van der Waals surface area contributed by atoms with Crippen molar-refractivity contribution in [2.24, 2.45) is 0 Å². The van der Waals surface area contributed by atoms with Crippen LogP contribution in [0.4, 0.5) is 5.82 Å².